The lowest BCUT2D eigenvalue weighted by Gasteiger charge is -2.19. The van der Waals surface area contributed by atoms with Gasteiger partial charge in [-0.3, -0.25) is 4.79 Å². The summed E-state index contributed by atoms with van der Waals surface area (Å²) in [5.41, 5.74) is 1.54. The van der Waals surface area contributed by atoms with E-state index in [1.807, 2.05) is 54.6 Å². The van der Waals surface area contributed by atoms with Crippen LogP contribution in [0.5, 0.6) is 0 Å². The van der Waals surface area contributed by atoms with Gasteiger partial charge in [-0.15, -0.1) is 11.3 Å². The molecule has 4 nitrogen and oxygen atoms in total. The van der Waals surface area contributed by atoms with E-state index in [1.54, 1.807) is 7.05 Å². The topological polar surface area (TPSA) is 53.4 Å². The molecule has 0 bridgehead atoms. The molecule has 1 unspecified atom stereocenters. The van der Waals surface area contributed by atoms with Crippen molar-refractivity contribution in [3.63, 3.8) is 0 Å². The molecule has 2 aromatic carbocycles. The Morgan fingerprint density at radius 3 is 2.52 bits per heavy atom. The molecular formula is C16H14N2O2S. The van der Waals surface area contributed by atoms with Gasteiger partial charge in [-0.05, 0) is 24.3 Å². The molecule has 5 heteroatoms. The van der Waals surface area contributed by atoms with E-state index in [4.69, 9.17) is 0 Å². The van der Waals surface area contributed by atoms with Crippen molar-refractivity contribution in [2.75, 3.05) is 11.9 Å². The van der Waals surface area contributed by atoms with E-state index in [1.165, 1.54) is 16.2 Å². The standard InChI is InChI=1S/C16H14N2O2S/c1-18(11-7-3-2-4-8-11)16(20)14(19)15-17-12-9-5-6-10-13(12)21-15/h2-10,14,19H,1H3. The first-order valence-corrected chi connectivity index (χ1v) is 7.34. The summed E-state index contributed by atoms with van der Waals surface area (Å²) in [6.45, 7) is 0. The second-order valence-electron chi connectivity index (χ2n) is 4.66. The Morgan fingerprint density at radius 2 is 1.81 bits per heavy atom. The fourth-order valence-electron chi connectivity index (χ4n) is 2.07. The van der Waals surface area contributed by atoms with Crippen LogP contribution in [-0.2, 0) is 4.79 Å². The predicted octanol–water partition coefficient (Wildman–Crippen LogP) is 2.99. The average Bonchev–Trinajstić information content (AvgIpc) is 2.97. The Kier molecular flexibility index (Phi) is 3.68. The fraction of sp³-hybridized carbons (Fsp3) is 0.125. The van der Waals surface area contributed by atoms with Crippen molar-refractivity contribution >= 4 is 33.1 Å². The van der Waals surface area contributed by atoms with Crippen molar-refractivity contribution in [3.05, 3.63) is 59.6 Å². The van der Waals surface area contributed by atoms with Gasteiger partial charge in [-0.1, -0.05) is 30.3 Å². The molecular weight excluding hydrogens is 284 g/mol. The van der Waals surface area contributed by atoms with E-state index >= 15 is 0 Å². The third-order valence-electron chi connectivity index (χ3n) is 3.25. The molecule has 1 heterocycles. The summed E-state index contributed by atoms with van der Waals surface area (Å²) >= 11 is 1.34. The van der Waals surface area contributed by atoms with E-state index in [2.05, 4.69) is 4.98 Å². The van der Waals surface area contributed by atoms with E-state index in [0.29, 0.717) is 5.01 Å². The van der Waals surface area contributed by atoms with Crippen LogP contribution in [0.25, 0.3) is 10.2 Å². The molecule has 0 saturated heterocycles. The van der Waals surface area contributed by atoms with E-state index in [-0.39, 0.29) is 5.91 Å². The highest BCUT2D eigenvalue weighted by atomic mass is 32.1. The average molecular weight is 298 g/mol. The Bertz CT molecular complexity index is 737. The lowest BCUT2D eigenvalue weighted by Crippen LogP contribution is -2.31. The molecule has 0 fully saturated rings. The molecule has 0 aliphatic rings. The number of hydrogen-bond donors (Lipinski definition) is 1. The van der Waals surface area contributed by atoms with Gasteiger partial charge in [0.05, 0.1) is 10.2 Å². The zero-order chi connectivity index (χ0) is 14.8. The minimum Gasteiger partial charge on any atom is -0.376 e. The summed E-state index contributed by atoms with van der Waals surface area (Å²) in [6.07, 6.45) is -1.24. The first-order valence-electron chi connectivity index (χ1n) is 6.53. The number of carbonyl (C=O) groups is 1. The zero-order valence-electron chi connectivity index (χ0n) is 11.4. The molecule has 3 aromatic rings. The lowest BCUT2D eigenvalue weighted by atomic mass is 10.2. The molecule has 1 amide bonds. The third kappa shape index (κ3) is 2.66. The highest BCUT2D eigenvalue weighted by Gasteiger charge is 2.25. The van der Waals surface area contributed by atoms with Crippen molar-refractivity contribution in [1.82, 2.24) is 4.98 Å². The van der Waals surface area contributed by atoms with Crippen LogP contribution >= 0.6 is 11.3 Å². The minimum atomic E-state index is -1.24. The molecule has 0 aliphatic heterocycles. The number of fused-ring (bicyclic) bond motifs is 1. The Labute approximate surface area is 126 Å². The minimum absolute atomic E-state index is 0.389. The van der Waals surface area contributed by atoms with Crippen LogP contribution in [0, 0.1) is 0 Å². The van der Waals surface area contributed by atoms with Crippen LogP contribution in [0.1, 0.15) is 11.1 Å². The molecule has 1 aromatic heterocycles. The largest absolute Gasteiger partial charge is 0.376 e. The predicted molar refractivity (Wildman–Crippen MR) is 84.4 cm³/mol. The number of thiazole rings is 1. The summed E-state index contributed by atoms with van der Waals surface area (Å²) < 4.78 is 0.960. The van der Waals surface area contributed by atoms with Gasteiger partial charge in [0, 0.05) is 12.7 Å². The van der Waals surface area contributed by atoms with Crippen molar-refractivity contribution in [2.24, 2.45) is 0 Å². The molecule has 0 spiro atoms. The number of likely N-dealkylation sites (N-methyl/N-ethyl adjacent to an activating group) is 1. The highest BCUT2D eigenvalue weighted by Crippen LogP contribution is 2.28. The van der Waals surface area contributed by atoms with Crippen molar-refractivity contribution < 1.29 is 9.90 Å². The molecule has 3 rings (SSSR count). The summed E-state index contributed by atoms with van der Waals surface area (Å²) in [6, 6.07) is 16.8. The zero-order valence-corrected chi connectivity index (χ0v) is 12.2. The van der Waals surface area contributed by atoms with E-state index in [9.17, 15) is 9.90 Å². The SMILES string of the molecule is CN(C(=O)C(O)c1nc2ccccc2s1)c1ccccc1. The summed E-state index contributed by atoms with van der Waals surface area (Å²) in [4.78, 5) is 18.1. The first kappa shape index (κ1) is 13.7. The smallest absolute Gasteiger partial charge is 0.262 e. The Balaban J connectivity index is 1.87. The number of hydrogen-bond acceptors (Lipinski definition) is 4. The summed E-state index contributed by atoms with van der Waals surface area (Å²) in [5, 5.41) is 10.7. The molecule has 21 heavy (non-hydrogen) atoms. The first-order chi connectivity index (χ1) is 10.2. The molecule has 1 atom stereocenters. The Morgan fingerprint density at radius 1 is 1.14 bits per heavy atom. The van der Waals surface area contributed by atoms with Gasteiger partial charge in [0.1, 0.15) is 5.01 Å². The van der Waals surface area contributed by atoms with Gasteiger partial charge >= 0.3 is 0 Å². The van der Waals surface area contributed by atoms with Gasteiger partial charge < -0.3 is 10.0 Å². The van der Waals surface area contributed by atoms with Gasteiger partial charge in [0.15, 0.2) is 6.10 Å². The number of aliphatic hydroxyl groups is 1. The van der Waals surface area contributed by atoms with Crippen molar-refractivity contribution in [2.45, 2.75) is 6.10 Å². The number of rotatable bonds is 3. The number of para-hydroxylation sites is 2. The molecule has 0 saturated carbocycles. The normalized spacial score (nSPS) is 12.3. The number of benzene rings is 2. The van der Waals surface area contributed by atoms with Crippen LogP contribution in [0.2, 0.25) is 0 Å². The molecule has 0 aliphatic carbocycles. The van der Waals surface area contributed by atoms with Gasteiger partial charge in [0.25, 0.3) is 5.91 Å². The number of nitrogens with zero attached hydrogens (tertiary/aromatic N) is 2. The van der Waals surface area contributed by atoms with Crippen LogP contribution < -0.4 is 4.90 Å². The van der Waals surface area contributed by atoms with Crippen molar-refractivity contribution in [1.29, 1.82) is 0 Å². The maximum atomic E-state index is 12.4. The number of aliphatic hydroxyl groups excluding tert-OH is 1. The number of amides is 1. The fourth-order valence-corrected chi connectivity index (χ4v) is 3.02. The van der Waals surface area contributed by atoms with Crippen LogP contribution in [0.15, 0.2) is 54.6 Å². The number of anilines is 1. The Hall–Kier alpha value is -2.24. The molecule has 0 radical (unpaired) electrons. The van der Waals surface area contributed by atoms with Crippen LogP contribution in [-0.4, -0.2) is 23.0 Å². The maximum Gasteiger partial charge on any atom is 0.262 e. The summed E-state index contributed by atoms with van der Waals surface area (Å²) in [7, 11) is 1.65. The van der Waals surface area contributed by atoms with Crippen LogP contribution in [0.3, 0.4) is 0 Å². The maximum absolute atomic E-state index is 12.4. The quantitative estimate of drug-likeness (QED) is 0.808. The number of carbonyl (C=O) groups excluding carboxylic acids is 1. The highest BCUT2D eigenvalue weighted by molar-refractivity contribution is 7.18. The lowest BCUT2D eigenvalue weighted by molar-refractivity contribution is -0.126. The van der Waals surface area contributed by atoms with Gasteiger partial charge in [-0.2, -0.15) is 0 Å². The second-order valence-corrected chi connectivity index (χ2v) is 5.72. The molecule has 106 valence electrons. The van der Waals surface area contributed by atoms with E-state index < -0.39 is 6.10 Å². The molecule has 1 N–H and O–H groups in total. The van der Waals surface area contributed by atoms with Gasteiger partial charge in [-0.25, -0.2) is 4.98 Å². The number of aromatic nitrogens is 1. The summed E-state index contributed by atoms with van der Waals surface area (Å²) in [5.74, 6) is -0.389. The second kappa shape index (κ2) is 5.63. The van der Waals surface area contributed by atoms with Gasteiger partial charge in [0.2, 0.25) is 0 Å². The van der Waals surface area contributed by atoms with Crippen molar-refractivity contribution in [3.8, 4) is 0 Å². The monoisotopic (exact) mass is 298 g/mol. The van der Waals surface area contributed by atoms with Crippen LogP contribution in [0.4, 0.5) is 5.69 Å². The van der Waals surface area contributed by atoms with E-state index in [0.717, 1.165) is 15.9 Å². The third-order valence-corrected chi connectivity index (χ3v) is 4.34.